The van der Waals surface area contributed by atoms with Gasteiger partial charge < -0.3 is 10.1 Å². The predicted octanol–water partition coefficient (Wildman–Crippen LogP) is 2.57. The van der Waals surface area contributed by atoms with Gasteiger partial charge in [-0.3, -0.25) is 10.2 Å². The molecule has 1 heterocycles. The zero-order valence-corrected chi connectivity index (χ0v) is 14.4. The number of halogens is 2. The topological polar surface area (TPSA) is 62.4 Å². The molecule has 1 amide bonds. The van der Waals surface area contributed by atoms with Gasteiger partial charge in [0.1, 0.15) is 11.6 Å². The lowest BCUT2D eigenvalue weighted by Gasteiger charge is -2.19. The summed E-state index contributed by atoms with van der Waals surface area (Å²) >= 11 is 5.77. The van der Waals surface area contributed by atoms with Crippen LogP contribution in [0.15, 0.2) is 42.5 Å². The summed E-state index contributed by atoms with van der Waals surface area (Å²) in [7, 11) is 1.61. The Kier molecular flexibility index (Phi) is 5.53. The molecule has 25 heavy (non-hydrogen) atoms. The van der Waals surface area contributed by atoms with Gasteiger partial charge in [-0.1, -0.05) is 29.8 Å². The molecule has 132 valence electrons. The number of hydrazine groups is 1. The van der Waals surface area contributed by atoms with E-state index in [1.807, 2.05) is 24.3 Å². The summed E-state index contributed by atoms with van der Waals surface area (Å²) in [4.78, 5) is 12.6. The van der Waals surface area contributed by atoms with Crippen LogP contribution in [0.25, 0.3) is 0 Å². The third-order valence-electron chi connectivity index (χ3n) is 4.22. The molecule has 0 bridgehead atoms. The van der Waals surface area contributed by atoms with Crippen LogP contribution in [0.1, 0.15) is 17.2 Å². The summed E-state index contributed by atoms with van der Waals surface area (Å²) in [6.07, 6.45) is 0. The van der Waals surface area contributed by atoms with E-state index in [4.69, 9.17) is 16.3 Å². The van der Waals surface area contributed by atoms with Gasteiger partial charge in [-0.25, -0.2) is 9.82 Å². The van der Waals surface area contributed by atoms with Crippen LogP contribution in [0.3, 0.4) is 0 Å². The van der Waals surface area contributed by atoms with Gasteiger partial charge in [0.25, 0.3) is 0 Å². The van der Waals surface area contributed by atoms with Gasteiger partial charge in [-0.05, 0) is 35.4 Å². The highest BCUT2D eigenvalue weighted by atomic mass is 35.5. The molecule has 0 aliphatic carbocycles. The third-order valence-corrected chi connectivity index (χ3v) is 4.51. The summed E-state index contributed by atoms with van der Waals surface area (Å²) in [5, 5.41) is 2.93. The summed E-state index contributed by atoms with van der Waals surface area (Å²) in [5.74, 6) is -0.0980. The molecule has 7 heteroatoms. The Morgan fingerprint density at radius 1 is 1.36 bits per heavy atom. The van der Waals surface area contributed by atoms with Crippen molar-refractivity contribution >= 4 is 17.5 Å². The van der Waals surface area contributed by atoms with Crippen LogP contribution in [0.5, 0.6) is 5.75 Å². The Balaban J connectivity index is 1.67. The second kappa shape index (κ2) is 7.82. The van der Waals surface area contributed by atoms with Gasteiger partial charge in [-0.2, -0.15) is 0 Å². The molecule has 2 atom stereocenters. The molecule has 0 aromatic heterocycles. The van der Waals surface area contributed by atoms with E-state index in [0.29, 0.717) is 13.1 Å². The van der Waals surface area contributed by atoms with Gasteiger partial charge >= 0.3 is 0 Å². The molecular weight excluding hydrogens is 345 g/mol. The maximum absolute atomic E-state index is 13.2. The highest BCUT2D eigenvalue weighted by Gasteiger charge is 2.33. The van der Waals surface area contributed by atoms with Gasteiger partial charge in [0.15, 0.2) is 0 Å². The first-order valence-electron chi connectivity index (χ1n) is 7.92. The molecule has 1 aliphatic heterocycles. The smallest absolute Gasteiger partial charge is 0.226 e. The zero-order valence-electron chi connectivity index (χ0n) is 13.7. The summed E-state index contributed by atoms with van der Waals surface area (Å²) in [5.41, 5.74) is 7.88. The number of carbonyl (C=O) groups is 1. The molecule has 0 radical (unpaired) electrons. The largest absolute Gasteiger partial charge is 0.497 e. The van der Waals surface area contributed by atoms with Crippen molar-refractivity contribution in [1.82, 2.24) is 16.2 Å². The molecule has 2 unspecified atom stereocenters. The van der Waals surface area contributed by atoms with Crippen molar-refractivity contribution in [2.75, 3.05) is 13.7 Å². The second-order valence-corrected chi connectivity index (χ2v) is 6.26. The van der Waals surface area contributed by atoms with Crippen molar-refractivity contribution in [1.29, 1.82) is 0 Å². The average Bonchev–Trinajstić information content (AvgIpc) is 3.12. The van der Waals surface area contributed by atoms with Crippen molar-refractivity contribution in [3.8, 4) is 5.75 Å². The van der Waals surface area contributed by atoms with E-state index in [1.54, 1.807) is 13.2 Å². The van der Waals surface area contributed by atoms with Crippen LogP contribution in [-0.4, -0.2) is 19.6 Å². The summed E-state index contributed by atoms with van der Waals surface area (Å²) in [6, 6.07) is 11.9. The van der Waals surface area contributed by atoms with Crippen LogP contribution in [0, 0.1) is 11.7 Å². The highest BCUT2D eigenvalue weighted by molar-refractivity contribution is 6.30. The van der Waals surface area contributed by atoms with Crippen LogP contribution in [0.4, 0.5) is 4.39 Å². The minimum atomic E-state index is -0.473. The molecule has 5 nitrogen and oxygen atoms in total. The van der Waals surface area contributed by atoms with Crippen LogP contribution >= 0.6 is 11.6 Å². The number of methoxy groups -OCH3 is 1. The Hall–Kier alpha value is -2.15. The fourth-order valence-corrected chi connectivity index (χ4v) is 3.06. The Morgan fingerprint density at radius 3 is 2.96 bits per heavy atom. The van der Waals surface area contributed by atoms with Crippen molar-refractivity contribution < 1.29 is 13.9 Å². The lowest BCUT2D eigenvalue weighted by Crippen LogP contribution is -2.34. The van der Waals surface area contributed by atoms with Gasteiger partial charge in [0.2, 0.25) is 5.91 Å². The Morgan fingerprint density at radius 2 is 2.20 bits per heavy atom. The number of carbonyl (C=O) groups excluding carboxylic acids is 1. The number of hydrogen-bond donors (Lipinski definition) is 3. The molecule has 3 rings (SSSR count). The fourth-order valence-electron chi connectivity index (χ4n) is 2.86. The second-order valence-electron chi connectivity index (χ2n) is 5.85. The summed E-state index contributed by atoms with van der Waals surface area (Å²) in [6.45, 7) is 0.804. The van der Waals surface area contributed by atoms with E-state index < -0.39 is 5.82 Å². The average molecular weight is 364 g/mol. The molecule has 0 spiro atoms. The number of amides is 1. The van der Waals surface area contributed by atoms with Gasteiger partial charge in [0, 0.05) is 13.1 Å². The predicted molar refractivity (Wildman–Crippen MR) is 93.6 cm³/mol. The molecule has 1 aliphatic rings. The molecule has 0 saturated carbocycles. The third kappa shape index (κ3) is 4.10. The lowest BCUT2D eigenvalue weighted by atomic mass is 9.94. The minimum Gasteiger partial charge on any atom is -0.497 e. The minimum absolute atomic E-state index is 0.0465. The monoisotopic (exact) mass is 363 g/mol. The molecule has 2 aromatic carbocycles. The lowest BCUT2D eigenvalue weighted by molar-refractivity contribution is -0.125. The van der Waals surface area contributed by atoms with Crippen molar-refractivity contribution in [3.63, 3.8) is 0 Å². The van der Waals surface area contributed by atoms with Crippen LogP contribution in [-0.2, 0) is 11.3 Å². The van der Waals surface area contributed by atoms with Gasteiger partial charge in [0.05, 0.1) is 24.1 Å². The Labute approximate surface area is 150 Å². The molecule has 2 aromatic rings. The van der Waals surface area contributed by atoms with E-state index in [-0.39, 0.29) is 22.9 Å². The van der Waals surface area contributed by atoms with Crippen molar-refractivity contribution in [2.45, 2.75) is 12.6 Å². The zero-order chi connectivity index (χ0) is 17.8. The van der Waals surface area contributed by atoms with E-state index in [9.17, 15) is 9.18 Å². The number of hydrogen-bond acceptors (Lipinski definition) is 4. The first-order valence-corrected chi connectivity index (χ1v) is 8.30. The standard InChI is InChI=1S/C18H19ClFN3O2/c1-25-13-4-2-3-12(8-13)17-14(10-22-23-17)18(24)21-9-11-5-6-16(20)15(19)7-11/h2-8,14,17,22-23H,9-10H2,1H3,(H,21,24). The van der Waals surface area contributed by atoms with Crippen molar-refractivity contribution in [3.05, 3.63) is 64.4 Å². The fraction of sp³-hybridized carbons (Fsp3) is 0.278. The Bertz CT molecular complexity index is 772. The number of benzene rings is 2. The van der Waals surface area contributed by atoms with Crippen LogP contribution < -0.4 is 20.9 Å². The van der Waals surface area contributed by atoms with Crippen LogP contribution in [0.2, 0.25) is 5.02 Å². The maximum Gasteiger partial charge on any atom is 0.226 e. The molecule has 1 saturated heterocycles. The first kappa shape index (κ1) is 17.7. The van der Waals surface area contributed by atoms with Crippen molar-refractivity contribution in [2.24, 2.45) is 5.92 Å². The molecule has 1 fully saturated rings. The molecule has 3 N–H and O–H groups in total. The van der Waals surface area contributed by atoms with E-state index in [1.165, 1.54) is 12.1 Å². The van der Waals surface area contributed by atoms with E-state index >= 15 is 0 Å². The number of nitrogens with one attached hydrogen (secondary N) is 3. The molecular formula is C18H19ClFN3O2. The SMILES string of the molecule is COc1cccc(C2NNCC2C(=O)NCc2ccc(F)c(Cl)c2)c1. The normalized spacial score (nSPS) is 19.6. The van der Waals surface area contributed by atoms with E-state index in [2.05, 4.69) is 16.2 Å². The van der Waals surface area contributed by atoms with E-state index in [0.717, 1.165) is 16.9 Å². The highest BCUT2D eigenvalue weighted by Crippen LogP contribution is 2.27. The number of rotatable bonds is 5. The first-order chi connectivity index (χ1) is 12.1. The van der Waals surface area contributed by atoms with Gasteiger partial charge in [-0.15, -0.1) is 0 Å². The number of ether oxygens (including phenoxy) is 1. The quantitative estimate of drug-likeness (QED) is 0.764. The maximum atomic E-state index is 13.2. The summed E-state index contributed by atoms with van der Waals surface area (Å²) < 4.78 is 18.4.